The van der Waals surface area contributed by atoms with Crippen molar-refractivity contribution in [1.29, 1.82) is 0 Å². The molecule has 0 saturated heterocycles. The lowest BCUT2D eigenvalue weighted by atomic mass is 9.76. The van der Waals surface area contributed by atoms with E-state index in [2.05, 4.69) is 48.2 Å². The molecule has 184 valence electrons. The van der Waals surface area contributed by atoms with Crippen LogP contribution in [0, 0.1) is 12.8 Å². The molecule has 4 aromatic rings. The quantitative estimate of drug-likeness (QED) is 0.303. The molecule has 0 bridgehead atoms. The summed E-state index contributed by atoms with van der Waals surface area (Å²) >= 11 is 0. The van der Waals surface area contributed by atoms with E-state index in [9.17, 15) is 9.59 Å². The van der Waals surface area contributed by atoms with Crippen LogP contribution in [0.5, 0.6) is 0 Å². The summed E-state index contributed by atoms with van der Waals surface area (Å²) in [5.41, 5.74) is 3.61. The number of aryl methyl sites for hydroxylation is 1. The lowest BCUT2D eigenvalue weighted by molar-refractivity contribution is 0.137. The Morgan fingerprint density at radius 1 is 1.00 bits per heavy atom. The predicted octanol–water partition coefficient (Wildman–Crippen LogP) is 5.63. The highest BCUT2D eigenvalue weighted by atomic mass is 16.6. The Morgan fingerprint density at radius 2 is 1.66 bits per heavy atom. The van der Waals surface area contributed by atoms with E-state index in [1.807, 2.05) is 18.2 Å². The molecule has 1 fully saturated rings. The van der Waals surface area contributed by atoms with E-state index >= 15 is 0 Å². The Morgan fingerprint density at radius 3 is 2.37 bits per heavy atom. The number of hydrogen-bond acceptors (Lipinski definition) is 3. The number of aromatic nitrogens is 3. The Labute approximate surface area is 202 Å². The van der Waals surface area contributed by atoms with Gasteiger partial charge in [-0.15, -0.1) is 0 Å². The fourth-order valence-electron chi connectivity index (χ4n) is 5.71. The van der Waals surface area contributed by atoms with Crippen LogP contribution in [0.3, 0.4) is 0 Å². The molecule has 35 heavy (non-hydrogen) atoms. The minimum atomic E-state index is -1.83. The molecule has 0 aliphatic heterocycles. The zero-order valence-corrected chi connectivity index (χ0v) is 20.0. The lowest BCUT2D eigenvalue weighted by Gasteiger charge is -2.35. The van der Waals surface area contributed by atoms with Gasteiger partial charge in [0.2, 0.25) is 0 Å². The number of carboxylic acid groups (broad SMARTS) is 2. The van der Waals surface area contributed by atoms with Gasteiger partial charge in [-0.05, 0) is 55.0 Å². The lowest BCUT2D eigenvalue weighted by Crippen LogP contribution is -2.43. The normalized spacial score (nSPS) is 15.9. The number of para-hydroxylation sites is 1. The first kappa shape index (κ1) is 24.3. The number of carbonyl (C=O) groups is 1. The van der Waals surface area contributed by atoms with Gasteiger partial charge < -0.3 is 20.2 Å². The Bertz CT molecular complexity index is 1460. The number of H-pyrrole nitrogens is 2. The molecule has 2 atom stereocenters. The third-order valence-electron chi connectivity index (χ3n) is 7.22. The second-order valence-electron chi connectivity index (χ2n) is 9.35. The predicted molar refractivity (Wildman–Crippen MR) is 137 cm³/mol. The molecule has 1 aliphatic rings. The van der Waals surface area contributed by atoms with E-state index in [1.54, 1.807) is 6.07 Å². The van der Waals surface area contributed by atoms with Crippen molar-refractivity contribution < 1.29 is 15.0 Å². The highest BCUT2D eigenvalue weighted by molar-refractivity contribution is 5.87. The summed E-state index contributed by atoms with van der Waals surface area (Å²) in [6.07, 6.45) is 5.87. The third kappa shape index (κ3) is 4.87. The van der Waals surface area contributed by atoms with Gasteiger partial charge in [0.15, 0.2) is 0 Å². The second-order valence-corrected chi connectivity index (χ2v) is 9.35. The fraction of sp³-hybridized carbons (Fsp3) is 0.370. The van der Waals surface area contributed by atoms with Gasteiger partial charge in [-0.3, -0.25) is 9.36 Å². The topological polar surface area (TPSA) is 128 Å². The molecule has 2 unspecified atom stereocenters. The van der Waals surface area contributed by atoms with E-state index < -0.39 is 6.16 Å². The van der Waals surface area contributed by atoms with Crippen LogP contribution in [-0.2, 0) is 0 Å². The van der Waals surface area contributed by atoms with E-state index in [0.29, 0.717) is 16.8 Å². The highest BCUT2D eigenvalue weighted by Crippen LogP contribution is 2.42. The number of rotatable bonds is 4. The molecular formula is C27H31N3O5. The largest absolute Gasteiger partial charge is 0.503 e. The number of benzene rings is 2. The zero-order valence-electron chi connectivity index (χ0n) is 20.0. The Hall–Kier alpha value is -3.81. The van der Waals surface area contributed by atoms with Crippen LogP contribution < -0.4 is 11.2 Å². The average molecular weight is 478 g/mol. The smallest absolute Gasteiger partial charge is 0.450 e. The van der Waals surface area contributed by atoms with Crippen molar-refractivity contribution in [3.05, 3.63) is 80.6 Å². The van der Waals surface area contributed by atoms with Crippen molar-refractivity contribution in [1.82, 2.24) is 14.5 Å². The molecule has 8 nitrogen and oxygen atoms in total. The van der Waals surface area contributed by atoms with Crippen LogP contribution in [0.1, 0.15) is 62.1 Å². The van der Waals surface area contributed by atoms with Gasteiger partial charge >= 0.3 is 11.8 Å². The van der Waals surface area contributed by atoms with Crippen molar-refractivity contribution in [2.24, 2.45) is 5.92 Å². The average Bonchev–Trinajstić information content (AvgIpc) is 3.27. The summed E-state index contributed by atoms with van der Waals surface area (Å²) in [5.74, 6) is 0.329. The van der Waals surface area contributed by atoms with Crippen molar-refractivity contribution in [2.45, 2.75) is 57.9 Å². The first-order chi connectivity index (χ1) is 16.8. The summed E-state index contributed by atoms with van der Waals surface area (Å²) in [7, 11) is 0. The summed E-state index contributed by atoms with van der Waals surface area (Å²) in [6, 6.07) is 13.4. The van der Waals surface area contributed by atoms with Gasteiger partial charge in [-0.25, -0.2) is 9.59 Å². The molecule has 1 aliphatic carbocycles. The molecule has 1 saturated carbocycles. The van der Waals surface area contributed by atoms with Gasteiger partial charge in [0.05, 0.1) is 16.9 Å². The number of aromatic amines is 2. The Kier molecular flexibility index (Phi) is 7.10. The highest BCUT2D eigenvalue weighted by Gasteiger charge is 2.34. The van der Waals surface area contributed by atoms with Crippen molar-refractivity contribution in [2.75, 3.05) is 0 Å². The van der Waals surface area contributed by atoms with Crippen LogP contribution in [-0.4, -0.2) is 30.9 Å². The number of nitrogens with zero attached hydrogens (tertiary/aromatic N) is 1. The maximum absolute atomic E-state index is 13.6. The van der Waals surface area contributed by atoms with Crippen molar-refractivity contribution in [3.63, 3.8) is 0 Å². The summed E-state index contributed by atoms with van der Waals surface area (Å²) < 4.78 is 1.53. The van der Waals surface area contributed by atoms with Gasteiger partial charge in [0.1, 0.15) is 0 Å². The SMILES string of the molecule is Cc1cccc2[nH]cc(C(C)C(C3CCCCC3)n3c(=O)[nH]c4ccccc4c3=O)c12.O=C(O)O. The molecule has 0 spiro atoms. The minimum Gasteiger partial charge on any atom is -0.450 e. The molecular weight excluding hydrogens is 446 g/mol. The third-order valence-corrected chi connectivity index (χ3v) is 7.22. The summed E-state index contributed by atoms with van der Waals surface area (Å²) in [6.45, 7) is 4.30. The fourth-order valence-corrected chi connectivity index (χ4v) is 5.71. The Balaban J connectivity index is 0.000000672. The number of nitrogens with one attached hydrogen (secondary N) is 2. The van der Waals surface area contributed by atoms with Gasteiger partial charge in [0, 0.05) is 23.0 Å². The van der Waals surface area contributed by atoms with Crippen molar-refractivity contribution >= 4 is 28.0 Å². The zero-order chi connectivity index (χ0) is 25.1. The van der Waals surface area contributed by atoms with Crippen LogP contribution >= 0.6 is 0 Å². The molecule has 0 amide bonds. The molecule has 2 heterocycles. The summed E-state index contributed by atoms with van der Waals surface area (Å²) in [4.78, 5) is 41.7. The van der Waals surface area contributed by atoms with E-state index in [-0.39, 0.29) is 23.2 Å². The second kappa shape index (κ2) is 10.2. The van der Waals surface area contributed by atoms with Crippen LogP contribution in [0.25, 0.3) is 21.8 Å². The van der Waals surface area contributed by atoms with Crippen LogP contribution in [0.15, 0.2) is 58.3 Å². The van der Waals surface area contributed by atoms with Gasteiger partial charge in [0.25, 0.3) is 5.56 Å². The molecule has 0 radical (unpaired) electrons. The minimum absolute atomic E-state index is 0.0258. The summed E-state index contributed by atoms with van der Waals surface area (Å²) in [5, 5.41) is 15.7. The maximum atomic E-state index is 13.6. The van der Waals surface area contributed by atoms with Crippen LogP contribution in [0.2, 0.25) is 0 Å². The van der Waals surface area contributed by atoms with Crippen molar-refractivity contribution in [3.8, 4) is 0 Å². The molecule has 8 heteroatoms. The first-order valence-electron chi connectivity index (χ1n) is 12.0. The monoisotopic (exact) mass is 477 g/mol. The van der Waals surface area contributed by atoms with E-state index in [1.165, 1.54) is 27.5 Å². The first-order valence-corrected chi connectivity index (χ1v) is 12.0. The number of fused-ring (bicyclic) bond motifs is 2. The van der Waals surface area contributed by atoms with Gasteiger partial charge in [-0.2, -0.15) is 0 Å². The molecule has 2 aromatic heterocycles. The van der Waals surface area contributed by atoms with Gasteiger partial charge in [-0.1, -0.05) is 50.5 Å². The molecule has 4 N–H and O–H groups in total. The maximum Gasteiger partial charge on any atom is 0.503 e. The van der Waals surface area contributed by atoms with Crippen LogP contribution in [0.4, 0.5) is 4.79 Å². The van der Waals surface area contributed by atoms with E-state index in [0.717, 1.165) is 31.2 Å². The number of hydrogen-bond donors (Lipinski definition) is 4. The molecule has 2 aromatic carbocycles. The van der Waals surface area contributed by atoms with E-state index in [4.69, 9.17) is 15.0 Å². The molecule has 5 rings (SSSR count). The standard InChI is InChI=1S/C26H29N3O2.CH2O3/c1-16-9-8-14-22-23(16)20(15-27-22)17(2)24(18-10-4-3-5-11-18)29-25(30)19-12-6-7-13-21(19)28-26(29)31;2-1(3)4/h6-9,12-15,17-18,24,27H,3-5,10-11H2,1-2H3,(H,28,31);(H2,2,3,4).